The number of benzene rings is 1. The van der Waals surface area contributed by atoms with Gasteiger partial charge in [0, 0.05) is 46.3 Å². The Morgan fingerprint density at radius 3 is 2.65 bits per heavy atom. The van der Waals surface area contributed by atoms with E-state index in [4.69, 9.17) is 4.74 Å². The van der Waals surface area contributed by atoms with Crippen LogP contribution in [0.5, 0.6) is 0 Å². The van der Waals surface area contributed by atoms with Gasteiger partial charge in [0.2, 0.25) is 0 Å². The summed E-state index contributed by atoms with van der Waals surface area (Å²) in [7, 11) is 1.90. The zero-order valence-corrected chi connectivity index (χ0v) is 16.6. The number of morpholine rings is 1. The van der Waals surface area contributed by atoms with Crippen LogP contribution in [0.15, 0.2) is 29.3 Å². The number of hydrogen-bond donors (Lipinski definition) is 1. The van der Waals surface area contributed by atoms with Gasteiger partial charge in [0.05, 0.1) is 13.2 Å². The van der Waals surface area contributed by atoms with Crippen LogP contribution in [-0.2, 0) is 4.74 Å². The summed E-state index contributed by atoms with van der Waals surface area (Å²) in [6, 6.07) is 8.85. The molecule has 2 fully saturated rings. The molecule has 2 aliphatic heterocycles. The predicted molar refractivity (Wildman–Crippen MR) is 108 cm³/mol. The number of hydrogen-bond acceptors (Lipinski definition) is 3. The van der Waals surface area contributed by atoms with E-state index in [1.807, 2.05) is 7.05 Å². The van der Waals surface area contributed by atoms with Gasteiger partial charge < -0.3 is 15.0 Å². The highest BCUT2D eigenvalue weighted by molar-refractivity contribution is 5.80. The fraction of sp³-hybridized carbons (Fsp3) is 0.667. The predicted octanol–water partition coefficient (Wildman–Crippen LogP) is 2.33. The second kappa shape index (κ2) is 9.38. The van der Waals surface area contributed by atoms with Crippen molar-refractivity contribution in [1.82, 2.24) is 15.1 Å². The molecule has 144 valence electrons. The Balaban J connectivity index is 1.46. The van der Waals surface area contributed by atoms with Crippen molar-refractivity contribution < 1.29 is 4.74 Å². The van der Waals surface area contributed by atoms with E-state index in [0.717, 1.165) is 57.8 Å². The molecule has 1 aromatic carbocycles. The van der Waals surface area contributed by atoms with Crippen molar-refractivity contribution >= 4 is 5.96 Å². The molecule has 2 unspecified atom stereocenters. The smallest absolute Gasteiger partial charge is 0.193 e. The number of aryl methyl sites for hydroxylation is 1. The fourth-order valence-electron chi connectivity index (χ4n) is 3.91. The van der Waals surface area contributed by atoms with E-state index in [0.29, 0.717) is 5.92 Å². The molecular weight excluding hydrogens is 324 g/mol. The van der Waals surface area contributed by atoms with Gasteiger partial charge >= 0.3 is 0 Å². The van der Waals surface area contributed by atoms with Crippen LogP contribution in [-0.4, -0.2) is 75.3 Å². The summed E-state index contributed by atoms with van der Waals surface area (Å²) in [5.74, 6) is 2.26. The topological polar surface area (TPSA) is 40.1 Å². The van der Waals surface area contributed by atoms with Crippen LogP contribution >= 0.6 is 0 Å². The lowest BCUT2D eigenvalue weighted by Crippen LogP contribution is -2.43. The number of guanidine groups is 1. The lowest BCUT2D eigenvalue weighted by atomic mass is 10.0. The maximum atomic E-state index is 5.46. The first-order chi connectivity index (χ1) is 12.7. The van der Waals surface area contributed by atoms with Gasteiger partial charge in [0.15, 0.2) is 5.96 Å². The van der Waals surface area contributed by atoms with Crippen molar-refractivity contribution in [3.05, 3.63) is 35.4 Å². The maximum absolute atomic E-state index is 5.46. The van der Waals surface area contributed by atoms with E-state index in [2.05, 4.69) is 58.2 Å². The van der Waals surface area contributed by atoms with Gasteiger partial charge in [-0.1, -0.05) is 36.8 Å². The number of likely N-dealkylation sites (tertiary alicyclic amines) is 1. The average Bonchev–Trinajstić information content (AvgIpc) is 3.12. The molecule has 2 saturated heterocycles. The van der Waals surface area contributed by atoms with Gasteiger partial charge in [0.25, 0.3) is 0 Å². The Kier molecular flexibility index (Phi) is 6.92. The monoisotopic (exact) mass is 358 g/mol. The van der Waals surface area contributed by atoms with Gasteiger partial charge in [-0.05, 0) is 30.7 Å². The molecule has 2 aliphatic rings. The van der Waals surface area contributed by atoms with Crippen molar-refractivity contribution in [1.29, 1.82) is 0 Å². The molecule has 0 radical (unpaired) electrons. The third-order valence-corrected chi connectivity index (χ3v) is 5.63. The van der Waals surface area contributed by atoms with Gasteiger partial charge in [0.1, 0.15) is 0 Å². The summed E-state index contributed by atoms with van der Waals surface area (Å²) in [6.07, 6.45) is 1.26. The Morgan fingerprint density at radius 2 is 1.96 bits per heavy atom. The van der Waals surface area contributed by atoms with Crippen molar-refractivity contribution in [2.45, 2.75) is 26.2 Å². The minimum atomic E-state index is 0.471. The molecule has 1 aromatic rings. The largest absolute Gasteiger partial charge is 0.379 e. The van der Waals surface area contributed by atoms with Crippen molar-refractivity contribution in [2.24, 2.45) is 10.9 Å². The maximum Gasteiger partial charge on any atom is 0.193 e. The van der Waals surface area contributed by atoms with Crippen LogP contribution < -0.4 is 5.32 Å². The second-order valence-corrected chi connectivity index (χ2v) is 7.75. The summed E-state index contributed by atoms with van der Waals surface area (Å²) in [4.78, 5) is 9.50. The summed E-state index contributed by atoms with van der Waals surface area (Å²) in [5.41, 5.74) is 2.69. The summed E-state index contributed by atoms with van der Waals surface area (Å²) in [5, 5.41) is 3.59. The normalized spacial score (nSPS) is 23.3. The third-order valence-electron chi connectivity index (χ3n) is 5.63. The van der Waals surface area contributed by atoms with E-state index >= 15 is 0 Å². The summed E-state index contributed by atoms with van der Waals surface area (Å²) < 4.78 is 5.46. The second-order valence-electron chi connectivity index (χ2n) is 7.75. The number of rotatable bonds is 5. The average molecular weight is 359 g/mol. The fourth-order valence-corrected chi connectivity index (χ4v) is 3.91. The van der Waals surface area contributed by atoms with E-state index in [9.17, 15) is 0 Å². The van der Waals surface area contributed by atoms with Crippen molar-refractivity contribution in [3.8, 4) is 0 Å². The molecule has 0 amide bonds. The molecule has 0 aliphatic carbocycles. The number of ether oxygens (including phenoxy) is 1. The highest BCUT2D eigenvalue weighted by Crippen LogP contribution is 2.19. The van der Waals surface area contributed by atoms with Gasteiger partial charge in [-0.15, -0.1) is 0 Å². The van der Waals surface area contributed by atoms with E-state index in [1.165, 1.54) is 24.1 Å². The molecule has 3 rings (SSSR count). The molecule has 2 heterocycles. The first kappa shape index (κ1) is 19.2. The highest BCUT2D eigenvalue weighted by atomic mass is 16.5. The zero-order chi connectivity index (χ0) is 18.4. The van der Waals surface area contributed by atoms with Crippen molar-refractivity contribution in [3.63, 3.8) is 0 Å². The molecule has 26 heavy (non-hydrogen) atoms. The quantitative estimate of drug-likeness (QED) is 0.648. The Morgan fingerprint density at radius 1 is 1.23 bits per heavy atom. The third kappa shape index (κ3) is 5.21. The van der Waals surface area contributed by atoms with E-state index in [-0.39, 0.29) is 0 Å². The SMILES string of the molecule is CN=C(NCC(C)c1ccc(C)cc1)N1CCC(CN2CCOCC2)C1. The summed E-state index contributed by atoms with van der Waals surface area (Å²) >= 11 is 0. The van der Waals surface area contributed by atoms with Gasteiger partial charge in [-0.3, -0.25) is 9.89 Å². The lowest BCUT2D eigenvalue weighted by Gasteiger charge is -2.29. The van der Waals surface area contributed by atoms with Crippen molar-refractivity contribution in [2.75, 3.05) is 59.5 Å². The molecule has 0 aromatic heterocycles. The molecule has 0 bridgehead atoms. The molecule has 1 N–H and O–H groups in total. The standard InChI is InChI=1S/C21H34N4O/c1-17-4-6-20(7-5-17)18(2)14-23-21(22-3)25-9-8-19(16-25)15-24-10-12-26-13-11-24/h4-7,18-19H,8-16H2,1-3H3,(H,22,23). The molecule has 0 spiro atoms. The van der Waals surface area contributed by atoms with Gasteiger partial charge in [-0.25, -0.2) is 0 Å². The van der Waals surface area contributed by atoms with Crippen LogP contribution in [0, 0.1) is 12.8 Å². The van der Waals surface area contributed by atoms with Crippen LogP contribution in [0.25, 0.3) is 0 Å². The number of nitrogens with zero attached hydrogens (tertiary/aromatic N) is 3. The minimum Gasteiger partial charge on any atom is -0.379 e. The van der Waals surface area contributed by atoms with Crippen LogP contribution in [0.3, 0.4) is 0 Å². The Labute approximate surface area is 158 Å². The summed E-state index contributed by atoms with van der Waals surface area (Å²) in [6.45, 7) is 12.7. The van der Waals surface area contributed by atoms with Gasteiger partial charge in [-0.2, -0.15) is 0 Å². The van der Waals surface area contributed by atoms with E-state index in [1.54, 1.807) is 0 Å². The highest BCUT2D eigenvalue weighted by Gasteiger charge is 2.27. The van der Waals surface area contributed by atoms with E-state index < -0.39 is 0 Å². The van der Waals surface area contributed by atoms with Crippen LogP contribution in [0.4, 0.5) is 0 Å². The Hall–Kier alpha value is -1.59. The molecular formula is C21H34N4O. The Bertz CT molecular complexity index is 580. The number of nitrogens with one attached hydrogen (secondary N) is 1. The molecule has 5 nitrogen and oxygen atoms in total. The first-order valence-corrected chi connectivity index (χ1v) is 9.98. The van der Waals surface area contributed by atoms with Crippen LogP contribution in [0.1, 0.15) is 30.4 Å². The number of aliphatic imine (C=N–C) groups is 1. The zero-order valence-electron chi connectivity index (χ0n) is 16.6. The molecule has 5 heteroatoms. The molecule has 0 saturated carbocycles. The first-order valence-electron chi connectivity index (χ1n) is 9.98. The molecule has 2 atom stereocenters. The lowest BCUT2D eigenvalue weighted by molar-refractivity contribution is 0.0315. The minimum absolute atomic E-state index is 0.471. The van der Waals surface area contributed by atoms with Crippen LogP contribution in [0.2, 0.25) is 0 Å².